The highest BCUT2D eigenvalue weighted by Gasteiger charge is 2.30. The average Bonchev–Trinajstić information content (AvgIpc) is 3.07. The van der Waals surface area contributed by atoms with Gasteiger partial charge in [-0.1, -0.05) is 29.8 Å². The normalized spacial score (nSPS) is 16.1. The number of halogens is 1. The maximum Gasteiger partial charge on any atom is 0.310 e. The van der Waals surface area contributed by atoms with Gasteiger partial charge in [-0.3, -0.25) is 14.4 Å². The Balaban J connectivity index is 1.58. The van der Waals surface area contributed by atoms with Crippen molar-refractivity contribution in [1.82, 2.24) is 19.2 Å². The van der Waals surface area contributed by atoms with Crippen molar-refractivity contribution in [1.29, 1.82) is 0 Å². The molecule has 9 heteroatoms. The van der Waals surface area contributed by atoms with Crippen LogP contribution in [0.5, 0.6) is 0 Å². The van der Waals surface area contributed by atoms with E-state index in [-0.39, 0.29) is 29.9 Å². The van der Waals surface area contributed by atoms with Crippen molar-refractivity contribution in [2.75, 3.05) is 19.7 Å². The van der Waals surface area contributed by atoms with E-state index in [4.69, 9.17) is 16.3 Å². The summed E-state index contributed by atoms with van der Waals surface area (Å²) in [5.74, 6) is -0.830. The molecule has 1 aliphatic rings. The molecule has 0 radical (unpaired) electrons. The number of amides is 1. The highest BCUT2D eigenvalue weighted by Crippen LogP contribution is 2.25. The maximum absolute atomic E-state index is 13.3. The van der Waals surface area contributed by atoms with Gasteiger partial charge in [0.15, 0.2) is 0 Å². The fourth-order valence-electron chi connectivity index (χ4n) is 4.68. The van der Waals surface area contributed by atoms with E-state index >= 15 is 0 Å². The molecule has 1 atom stereocenters. The van der Waals surface area contributed by atoms with Crippen molar-refractivity contribution >= 4 is 34.2 Å². The Bertz CT molecular complexity index is 1300. The number of carbonyl (C=O) groups is 2. The number of aryl methyl sites for hydroxylation is 2. The molecule has 0 N–H and O–H groups in total. The van der Waals surface area contributed by atoms with Gasteiger partial charge in [0.2, 0.25) is 5.91 Å². The number of fused-ring (bicyclic) bond motifs is 1. The van der Waals surface area contributed by atoms with E-state index in [2.05, 4.69) is 9.67 Å². The van der Waals surface area contributed by atoms with E-state index in [0.717, 1.165) is 28.8 Å². The van der Waals surface area contributed by atoms with Crippen LogP contribution in [0.4, 0.5) is 0 Å². The van der Waals surface area contributed by atoms with E-state index in [1.54, 1.807) is 18.0 Å². The second-order valence-corrected chi connectivity index (χ2v) is 9.08. The van der Waals surface area contributed by atoms with Crippen LogP contribution in [0.1, 0.15) is 36.7 Å². The van der Waals surface area contributed by atoms with E-state index in [9.17, 15) is 14.4 Å². The number of likely N-dealkylation sites (tertiary alicyclic amines) is 1. The van der Waals surface area contributed by atoms with Crippen LogP contribution in [0, 0.1) is 19.8 Å². The quantitative estimate of drug-likeness (QED) is 0.501. The molecule has 0 spiro atoms. The molecule has 2 aromatic heterocycles. The molecule has 3 heterocycles. The average molecular weight is 485 g/mol. The summed E-state index contributed by atoms with van der Waals surface area (Å²) in [5, 5.41) is 6.27. The Labute approximate surface area is 203 Å². The highest BCUT2D eigenvalue weighted by molar-refractivity contribution is 6.31. The highest BCUT2D eigenvalue weighted by atomic mass is 35.5. The van der Waals surface area contributed by atoms with Crippen LogP contribution in [0.3, 0.4) is 0 Å². The first-order valence-electron chi connectivity index (χ1n) is 11.5. The minimum absolute atomic E-state index is 0.168. The van der Waals surface area contributed by atoms with Gasteiger partial charge < -0.3 is 14.2 Å². The summed E-state index contributed by atoms with van der Waals surface area (Å²) >= 11 is 6.35. The fourth-order valence-corrected chi connectivity index (χ4v) is 4.87. The first-order valence-corrected chi connectivity index (χ1v) is 11.9. The third kappa shape index (κ3) is 4.59. The van der Waals surface area contributed by atoms with Crippen molar-refractivity contribution in [2.24, 2.45) is 5.92 Å². The third-order valence-electron chi connectivity index (χ3n) is 6.57. The number of benzene rings is 1. The van der Waals surface area contributed by atoms with Gasteiger partial charge in [0.05, 0.1) is 24.1 Å². The van der Waals surface area contributed by atoms with Gasteiger partial charge in [0.25, 0.3) is 5.56 Å². The van der Waals surface area contributed by atoms with Crippen LogP contribution in [-0.4, -0.2) is 50.8 Å². The first kappa shape index (κ1) is 24.0. The van der Waals surface area contributed by atoms with E-state index in [1.807, 2.05) is 38.1 Å². The molecule has 1 fully saturated rings. The van der Waals surface area contributed by atoms with Gasteiger partial charge in [0, 0.05) is 41.4 Å². The minimum atomic E-state index is -0.325. The van der Waals surface area contributed by atoms with Gasteiger partial charge in [0.1, 0.15) is 6.54 Å². The van der Waals surface area contributed by atoms with Crippen LogP contribution in [0.25, 0.3) is 10.8 Å². The van der Waals surface area contributed by atoms with Crippen molar-refractivity contribution in [2.45, 2.75) is 46.7 Å². The van der Waals surface area contributed by atoms with Gasteiger partial charge in [-0.15, -0.1) is 0 Å². The zero-order valence-electron chi connectivity index (χ0n) is 19.7. The van der Waals surface area contributed by atoms with E-state index < -0.39 is 0 Å². The van der Waals surface area contributed by atoms with Gasteiger partial charge in [-0.05, 0) is 45.2 Å². The molecular weight excluding hydrogens is 456 g/mol. The van der Waals surface area contributed by atoms with Crippen LogP contribution in [0.15, 0.2) is 35.3 Å². The van der Waals surface area contributed by atoms with Crippen molar-refractivity contribution < 1.29 is 14.3 Å². The lowest BCUT2D eigenvalue weighted by Crippen LogP contribution is -2.45. The van der Waals surface area contributed by atoms with Gasteiger partial charge in [-0.2, -0.15) is 5.10 Å². The lowest BCUT2D eigenvalue weighted by molar-refractivity contribution is -0.151. The molecule has 0 unspecified atom stereocenters. The largest absolute Gasteiger partial charge is 0.466 e. The number of piperidine rings is 1. The van der Waals surface area contributed by atoms with Gasteiger partial charge >= 0.3 is 5.97 Å². The summed E-state index contributed by atoms with van der Waals surface area (Å²) in [6.07, 6.45) is 3.07. The smallest absolute Gasteiger partial charge is 0.310 e. The summed E-state index contributed by atoms with van der Waals surface area (Å²) < 4.78 is 8.38. The molecule has 8 nitrogen and oxygen atoms in total. The Morgan fingerprint density at radius 1 is 1.21 bits per heavy atom. The fraction of sp³-hybridized carbons (Fsp3) is 0.440. The summed E-state index contributed by atoms with van der Waals surface area (Å²) in [6.45, 7) is 7.16. The summed E-state index contributed by atoms with van der Waals surface area (Å²) in [5.41, 5.74) is 2.38. The third-order valence-corrected chi connectivity index (χ3v) is 6.94. The summed E-state index contributed by atoms with van der Waals surface area (Å²) in [6, 6.07) is 7.62. The molecule has 34 heavy (non-hydrogen) atoms. The molecule has 1 aliphatic heterocycles. The van der Waals surface area contributed by atoms with E-state index in [0.29, 0.717) is 43.1 Å². The number of aromatic nitrogens is 3. The van der Waals surface area contributed by atoms with Crippen molar-refractivity contribution in [3.63, 3.8) is 0 Å². The second-order valence-electron chi connectivity index (χ2n) is 8.68. The number of carbonyl (C=O) groups excluding carboxylic acids is 2. The zero-order valence-corrected chi connectivity index (χ0v) is 20.5. The molecular formula is C25H29ClN4O4. The lowest BCUT2D eigenvalue weighted by atomic mass is 9.98. The Morgan fingerprint density at radius 2 is 1.97 bits per heavy atom. The maximum atomic E-state index is 13.3. The lowest BCUT2D eigenvalue weighted by Gasteiger charge is -2.31. The topological polar surface area (TPSA) is 86.4 Å². The molecule has 1 saturated heterocycles. The Morgan fingerprint density at radius 3 is 2.71 bits per heavy atom. The van der Waals surface area contributed by atoms with Crippen LogP contribution in [0.2, 0.25) is 5.02 Å². The van der Waals surface area contributed by atoms with Crippen LogP contribution < -0.4 is 5.56 Å². The summed E-state index contributed by atoms with van der Waals surface area (Å²) in [7, 11) is 0. The summed E-state index contributed by atoms with van der Waals surface area (Å²) in [4.78, 5) is 40.0. The molecule has 0 saturated carbocycles. The van der Waals surface area contributed by atoms with Crippen LogP contribution in [-0.2, 0) is 27.4 Å². The Kier molecular flexibility index (Phi) is 7.07. The SMILES string of the molecule is CCOC(=O)[C@H]1CCCN(C(=O)Cn2ncc3c(C)n(Cc4ccccc4Cl)c(C)c3c2=O)C1. The van der Waals surface area contributed by atoms with Crippen molar-refractivity contribution in [3.8, 4) is 0 Å². The predicted molar refractivity (Wildman–Crippen MR) is 130 cm³/mol. The molecule has 0 bridgehead atoms. The molecule has 0 aliphatic carbocycles. The molecule has 3 aromatic rings. The number of nitrogens with zero attached hydrogens (tertiary/aromatic N) is 4. The predicted octanol–water partition coefficient (Wildman–Crippen LogP) is 3.32. The van der Waals surface area contributed by atoms with E-state index in [1.165, 1.54) is 4.68 Å². The molecule has 180 valence electrons. The first-order chi connectivity index (χ1) is 16.3. The zero-order chi connectivity index (χ0) is 24.4. The number of esters is 1. The van der Waals surface area contributed by atoms with Crippen LogP contribution >= 0.6 is 11.6 Å². The number of hydrogen-bond donors (Lipinski definition) is 0. The molecule has 1 amide bonds. The standard InChI is InChI=1S/C25H29ClN4O4/c1-4-34-25(33)19-9-7-11-28(13-19)22(31)15-30-24(32)23-17(3)29(16(2)20(23)12-27-30)14-18-8-5-6-10-21(18)26/h5-6,8,10,12,19H,4,7,9,11,13-15H2,1-3H3/t19-/m0/s1. The second kappa shape index (κ2) is 10.0. The Hall–Kier alpha value is -3.13. The number of hydrogen-bond acceptors (Lipinski definition) is 5. The molecule has 1 aromatic carbocycles. The van der Waals surface area contributed by atoms with Gasteiger partial charge in [-0.25, -0.2) is 4.68 Å². The minimum Gasteiger partial charge on any atom is -0.466 e. The monoisotopic (exact) mass is 484 g/mol. The number of rotatable bonds is 6. The van der Waals surface area contributed by atoms with Crippen molar-refractivity contribution in [3.05, 3.63) is 62.8 Å². The number of ether oxygens (including phenoxy) is 1. The molecule has 4 rings (SSSR count).